The Balaban J connectivity index is 2.78. The number of rotatable bonds is 3. The maximum absolute atomic E-state index is 12.9. The first-order chi connectivity index (χ1) is 6.67. The molecule has 0 amide bonds. The van der Waals surface area contributed by atoms with E-state index < -0.39 is 0 Å². The molecule has 0 radical (unpaired) electrons. The minimum atomic E-state index is -0.182. The quantitative estimate of drug-likeness (QED) is 0.719. The number of hydrogen-bond acceptors (Lipinski definition) is 1. The predicted octanol–water partition coefficient (Wildman–Crippen LogP) is 3.23. The molecule has 0 aliphatic carbocycles. The molecule has 14 heavy (non-hydrogen) atoms. The Bertz CT molecular complexity index is 352. The molecule has 0 heterocycles. The first kappa shape index (κ1) is 10.7. The van der Waals surface area contributed by atoms with Gasteiger partial charge in [-0.15, -0.1) is 0 Å². The fourth-order valence-electron chi connectivity index (χ4n) is 1.40. The van der Waals surface area contributed by atoms with E-state index in [0.717, 1.165) is 12.0 Å². The molecule has 0 aliphatic heterocycles. The second kappa shape index (κ2) is 4.76. The average Bonchev–Trinajstić information content (AvgIpc) is 2.19. The summed E-state index contributed by atoms with van der Waals surface area (Å²) in [4.78, 5) is 0. The van der Waals surface area contributed by atoms with Gasteiger partial charge in [0.15, 0.2) is 0 Å². The van der Waals surface area contributed by atoms with Crippen molar-refractivity contribution in [2.75, 3.05) is 0 Å². The standard InChI is InChI=1S/C12H14FN/c1-3-10(8-14)7-11-4-5-12(13)9(2)6-11/h4-6,10H,3,7H2,1-2H3. The van der Waals surface area contributed by atoms with Crippen molar-refractivity contribution < 1.29 is 4.39 Å². The molecule has 1 nitrogen and oxygen atoms in total. The van der Waals surface area contributed by atoms with Gasteiger partial charge in [-0.3, -0.25) is 0 Å². The highest BCUT2D eigenvalue weighted by Crippen LogP contribution is 2.14. The Morgan fingerprint density at radius 1 is 1.50 bits per heavy atom. The Kier molecular flexibility index (Phi) is 3.64. The Morgan fingerprint density at radius 3 is 2.71 bits per heavy atom. The average molecular weight is 191 g/mol. The summed E-state index contributed by atoms with van der Waals surface area (Å²) < 4.78 is 12.9. The highest BCUT2D eigenvalue weighted by Gasteiger charge is 2.06. The summed E-state index contributed by atoms with van der Waals surface area (Å²) in [5.74, 6) is -0.140. The van der Waals surface area contributed by atoms with Gasteiger partial charge >= 0.3 is 0 Å². The number of halogens is 1. The van der Waals surface area contributed by atoms with Crippen molar-refractivity contribution in [3.05, 3.63) is 35.1 Å². The summed E-state index contributed by atoms with van der Waals surface area (Å²) in [6.45, 7) is 3.73. The monoisotopic (exact) mass is 191 g/mol. The zero-order valence-corrected chi connectivity index (χ0v) is 8.55. The van der Waals surface area contributed by atoms with Gasteiger partial charge in [0, 0.05) is 0 Å². The van der Waals surface area contributed by atoms with Crippen LogP contribution in [0, 0.1) is 30.0 Å². The SMILES string of the molecule is CCC(C#N)Cc1ccc(F)c(C)c1. The van der Waals surface area contributed by atoms with Crippen LogP contribution < -0.4 is 0 Å². The summed E-state index contributed by atoms with van der Waals surface area (Å²) in [7, 11) is 0. The maximum Gasteiger partial charge on any atom is 0.126 e. The van der Waals surface area contributed by atoms with Crippen molar-refractivity contribution in [3.8, 4) is 6.07 Å². The van der Waals surface area contributed by atoms with Gasteiger partial charge < -0.3 is 0 Å². The van der Waals surface area contributed by atoms with Crippen LogP contribution in [-0.2, 0) is 6.42 Å². The molecule has 1 unspecified atom stereocenters. The van der Waals surface area contributed by atoms with Gasteiger partial charge in [0.25, 0.3) is 0 Å². The summed E-state index contributed by atoms with van der Waals surface area (Å²) in [6, 6.07) is 7.27. The van der Waals surface area contributed by atoms with E-state index in [1.54, 1.807) is 13.0 Å². The minimum absolute atomic E-state index is 0.0415. The lowest BCUT2D eigenvalue weighted by molar-refractivity contribution is 0.611. The molecule has 2 heteroatoms. The van der Waals surface area contributed by atoms with E-state index in [1.165, 1.54) is 6.07 Å². The third kappa shape index (κ3) is 2.56. The van der Waals surface area contributed by atoms with Crippen LogP contribution in [0.2, 0.25) is 0 Å². The van der Waals surface area contributed by atoms with Gasteiger partial charge in [0.05, 0.1) is 12.0 Å². The van der Waals surface area contributed by atoms with Crippen molar-refractivity contribution in [1.29, 1.82) is 5.26 Å². The largest absolute Gasteiger partial charge is 0.207 e. The molecule has 0 aliphatic rings. The van der Waals surface area contributed by atoms with Gasteiger partial charge in [0.2, 0.25) is 0 Å². The lowest BCUT2D eigenvalue weighted by Gasteiger charge is -2.06. The lowest BCUT2D eigenvalue weighted by atomic mass is 9.97. The Hall–Kier alpha value is -1.36. The fourth-order valence-corrected chi connectivity index (χ4v) is 1.40. The molecule has 0 saturated heterocycles. The van der Waals surface area contributed by atoms with Crippen LogP contribution in [0.15, 0.2) is 18.2 Å². The maximum atomic E-state index is 12.9. The molecule has 1 rings (SSSR count). The zero-order valence-electron chi connectivity index (χ0n) is 8.55. The Morgan fingerprint density at radius 2 is 2.21 bits per heavy atom. The van der Waals surface area contributed by atoms with Gasteiger partial charge in [0.1, 0.15) is 5.82 Å². The van der Waals surface area contributed by atoms with E-state index in [4.69, 9.17) is 5.26 Å². The van der Waals surface area contributed by atoms with E-state index in [1.807, 2.05) is 13.0 Å². The second-order valence-electron chi connectivity index (χ2n) is 3.52. The molecular formula is C12H14FN. The summed E-state index contributed by atoms with van der Waals surface area (Å²) in [6.07, 6.45) is 1.56. The number of hydrogen-bond donors (Lipinski definition) is 0. The Labute approximate surface area is 84.2 Å². The fraction of sp³-hybridized carbons (Fsp3) is 0.417. The van der Waals surface area contributed by atoms with Crippen molar-refractivity contribution >= 4 is 0 Å². The van der Waals surface area contributed by atoms with Crippen LogP contribution in [0.1, 0.15) is 24.5 Å². The van der Waals surface area contributed by atoms with Crippen LogP contribution in [0.4, 0.5) is 4.39 Å². The minimum Gasteiger partial charge on any atom is -0.207 e. The second-order valence-corrected chi connectivity index (χ2v) is 3.52. The van der Waals surface area contributed by atoms with Gasteiger partial charge in [-0.25, -0.2) is 4.39 Å². The van der Waals surface area contributed by atoms with E-state index >= 15 is 0 Å². The van der Waals surface area contributed by atoms with Crippen molar-refractivity contribution in [1.82, 2.24) is 0 Å². The molecule has 0 spiro atoms. The van der Waals surface area contributed by atoms with Crippen LogP contribution in [0.5, 0.6) is 0 Å². The molecule has 1 atom stereocenters. The molecule has 1 aromatic rings. The van der Waals surface area contributed by atoms with Crippen molar-refractivity contribution in [2.24, 2.45) is 5.92 Å². The summed E-state index contributed by atoms with van der Waals surface area (Å²) in [5.41, 5.74) is 1.69. The third-order valence-electron chi connectivity index (χ3n) is 2.38. The van der Waals surface area contributed by atoms with E-state index in [0.29, 0.717) is 12.0 Å². The molecule has 0 bridgehead atoms. The van der Waals surface area contributed by atoms with Gasteiger partial charge in [-0.1, -0.05) is 19.1 Å². The smallest absolute Gasteiger partial charge is 0.126 e. The first-order valence-corrected chi connectivity index (χ1v) is 4.82. The highest BCUT2D eigenvalue weighted by atomic mass is 19.1. The topological polar surface area (TPSA) is 23.8 Å². The van der Waals surface area contributed by atoms with E-state index in [9.17, 15) is 4.39 Å². The van der Waals surface area contributed by atoms with E-state index in [2.05, 4.69) is 6.07 Å². The first-order valence-electron chi connectivity index (χ1n) is 4.82. The van der Waals surface area contributed by atoms with Crippen molar-refractivity contribution in [2.45, 2.75) is 26.7 Å². The van der Waals surface area contributed by atoms with Crippen LogP contribution in [0.25, 0.3) is 0 Å². The molecule has 1 aromatic carbocycles. The van der Waals surface area contributed by atoms with Crippen LogP contribution in [0.3, 0.4) is 0 Å². The summed E-state index contributed by atoms with van der Waals surface area (Å²) >= 11 is 0. The molecule has 0 saturated carbocycles. The zero-order chi connectivity index (χ0) is 10.6. The van der Waals surface area contributed by atoms with Crippen LogP contribution in [-0.4, -0.2) is 0 Å². The predicted molar refractivity (Wildman–Crippen MR) is 54.2 cm³/mol. The van der Waals surface area contributed by atoms with Crippen LogP contribution >= 0.6 is 0 Å². The van der Waals surface area contributed by atoms with Crippen molar-refractivity contribution in [3.63, 3.8) is 0 Å². The number of nitriles is 1. The molecule has 0 aromatic heterocycles. The number of nitrogens with zero attached hydrogens (tertiary/aromatic N) is 1. The van der Waals surface area contributed by atoms with Gasteiger partial charge in [-0.05, 0) is 37.0 Å². The number of benzene rings is 1. The lowest BCUT2D eigenvalue weighted by Crippen LogP contribution is -2.00. The third-order valence-corrected chi connectivity index (χ3v) is 2.38. The molecule has 0 N–H and O–H groups in total. The highest BCUT2D eigenvalue weighted by molar-refractivity contribution is 5.24. The normalized spacial score (nSPS) is 12.1. The van der Waals surface area contributed by atoms with Gasteiger partial charge in [-0.2, -0.15) is 5.26 Å². The molecule has 0 fully saturated rings. The summed E-state index contributed by atoms with van der Waals surface area (Å²) in [5, 5.41) is 8.79. The number of aryl methyl sites for hydroxylation is 1. The molecule has 74 valence electrons. The molecular weight excluding hydrogens is 177 g/mol. The van der Waals surface area contributed by atoms with E-state index in [-0.39, 0.29) is 11.7 Å².